The zero-order chi connectivity index (χ0) is 11.7. The summed E-state index contributed by atoms with van der Waals surface area (Å²) in [7, 11) is 0. The van der Waals surface area contributed by atoms with Crippen LogP contribution in [0.3, 0.4) is 0 Å². The van der Waals surface area contributed by atoms with Gasteiger partial charge < -0.3 is 10.1 Å². The normalized spacial score (nSPS) is 45.5. The van der Waals surface area contributed by atoms with E-state index in [0.29, 0.717) is 24.3 Å². The van der Waals surface area contributed by atoms with Gasteiger partial charge in [0.05, 0.1) is 24.2 Å². The molecule has 94 valence electrons. The number of ether oxygens (including phenoxy) is 1. The van der Waals surface area contributed by atoms with Crippen molar-refractivity contribution in [1.82, 2.24) is 5.32 Å². The minimum Gasteiger partial charge on any atom is -0.373 e. The van der Waals surface area contributed by atoms with Crippen LogP contribution in [0.2, 0.25) is 0 Å². The van der Waals surface area contributed by atoms with E-state index in [1.807, 2.05) is 0 Å². The molecular formula is C14H22N2O. The molecule has 2 bridgehead atoms. The van der Waals surface area contributed by atoms with Gasteiger partial charge in [-0.2, -0.15) is 5.26 Å². The maximum atomic E-state index is 9.27. The first-order valence-corrected chi connectivity index (χ1v) is 7.18. The number of hydrogen-bond acceptors (Lipinski definition) is 3. The summed E-state index contributed by atoms with van der Waals surface area (Å²) in [6, 6.07) is 3.44. The van der Waals surface area contributed by atoms with E-state index in [1.165, 1.54) is 44.9 Å². The quantitative estimate of drug-likeness (QED) is 0.746. The first-order chi connectivity index (χ1) is 8.36. The zero-order valence-corrected chi connectivity index (χ0v) is 10.4. The molecule has 1 N–H and O–H groups in total. The van der Waals surface area contributed by atoms with E-state index in [-0.39, 0.29) is 5.92 Å². The first kappa shape index (κ1) is 11.5. The molecule has 5 atom stereocenters. The molecule has 1 saturated carbocycles. The number of nitrogens with one attached hydrogen (secondary N) is 1. The van der Waals surface area contributed by atoms with Gasteiger partial charge in [0.15, 0.2) is 0 Å². The van der Waals surface area contributed by atoms with Crippen LogP contribution in [0.5, 0.6) is 0 Å². The van der Waals surface area contributed by atoms with Crippen LogP contribution >= 0.6 is 0 Å². The Morgan fingerprint density at radius 3 is 2.59 bits per heavy atom. The van der Waals surface area contributed by atoms with Gasteiger partial charge in [-0.25, -0.2) is 0 Å². The third kappa shape index (κ3) is 2.34. The Hall–Kier alpha value is -0.590. The predicted molar refractivity (Wildman–Crippen MR) is 65.4 cm³/mol. The average molecular weight is 234 g/mol. The second-order valence-corrected chi connectivity index (χ2v) is 5.86. The number of hydrogen-bond donors (Lipinski definition) is 1. The fourth-order valence-electron chi connectivity index (χ4n) is 3.75. The molecule has 3 aliphatic rings. The van der Waals surface area contributed by atoms with Crippen molar-refractivity contribution in [3.05, 3.63) is 0 Å². The molecule has 17 heavy (non-hydrogen) atoms. The van der Waals surface area contributed by atoms with Gasteiger partial charge in [-0.3, -0.25) is 0 Å². The van der Waals surface area contributed by atoms with Crippen molar-refractivity contribution in [2.45, 2.75) is 75.7 Å². The molecule has 3 rings (SSSR count). The minimum absolute atomic E-state index is 0.219. The number of rotatable bonds is 2. The maximum Gasteiger partial charge on any atom is 0.0733 e. The van der Waals surface area contributed by atoms with E-state index in [9.17, 15) is 5.26 Å². The molecule has 0 radical (unpaired) electrons. The summed E-state index contributed by atoms with van der Waals surface area (Å²) in [4.78, 5) is 0. The van der Waals surface area contributed by atoms with E-state index in [4.69, 9.17) is 4.74 Å². The minimum atomic E-state index is 0.219. The van der Waals surface area contributed by atoms with Gasteiger partial charge in [-0.15, -0.1) is 0 Å². The Balaban J connectivity index is 1.61. The third-order valence-corrected chi connectivity index (χ3v) is 4.72. The lowest BCUT2D eigenvalue weighted by molar-refractivity contribution is 0.0950. The van der Waals surface area contributed by atoms with Crippen LogP contribution in [0.1, 0.15) is 51.4 Å². The van der Waals surface area contributed by atoms with Crippen molar-refractivity contribution in [3.63, 3.8) is 0 Å². The number of nitrogens with zero attached hydrogens (tertiary/aromatic N) is 1. The monoisotopic (exact) mass is 234 g/mol. The fourth-order valence-corrected chi connectivity index (χ4v) is 3.75. The Morgan fingerprint density at radius 2 is 1.88 bits per heavy atom. The lowest BCUT2D eigenvalue weighted by atomic mass is 9.91. The van der Waals surface area contributed by atoms with Gasteiger partial charge in [-0.1, -0.05) is 19.3 Å². The van der Waals surface area contributed by atoms with Crippen LogP contribution in [-0.4, -0.2) is 24.3 Å². The SMILES string of the molecule is N#CC1CCCCCC1NC1CC2CCC1O2. The largest absolute Gasteiger partial charge is 0.373 e. The van der Waals surface area contributed by atoms with E-state index < -0.39 is 0 Å². The molecule has 3 nitrogen and oxygen atoms in total. The molecule has 0 aromatic heterocycles. The van der Waals surface area contributed by atoms with E-state index in [1.54, 1.807) is 0 Å². The Kier molecular flexibility index (Phi) is 3.35. The van der Waals surface area contributed by atoms with Crippen LogP contribution in [0.15, 0.2) is 0 Å². The number of fused-ring (bicyclic) bond motifs is 2. The van der Waals surface area contributed by atoms with E-state index >= 15 is 0 Å². The van der Waals surface area contributed by atoms with Gasteiger partial charge in [0.2, 0.25) is 0 Å². The van der Waals surface area contributed by atoms with Gasteiger partial charge in [-0.05, 0) is 32.1 Å². The Morgan fingerprint density at radius 1 is 1.00 bits per heavy atom. The third-order valence-electron chi connectivity index (χ3n) is 4.72. The summed E-state index contributed by atoms with van der Waals surface area (Å²) >= 11 is 0. The molecule has 2 saturated heterocycles. The van der Waals surface area contributed by atoms with Gasteiger partial charge >= 0.3 is 0 Å². The topological polar surface area (TPSA) is 45.0 Å². The molecule has 3 heteroatoms. The highest BCUT2D eigenvalue weighted by Crippen LogP contribution is 2.35. The Bertz CT molecular complexity index is 312. The summed E-state index contributed by atoms with van der Waals surface area (Å²) < 4.78 is 5.88. The molecular weight excluding hydrogens is 212 g/mol. The van der Waals surface area contributed by atoms with Crippen LogP contribution in [-0.2, 0) is 4.74 Å². The molecule has 2 aliphatic heterocycles. The maximum absolute atomic E-state index is 9.27. The lowest BCUT2D eigenvalue weighted by Crippen LogP contribution is -2.46. The molecule has 0 spiro atoms. The van der Waals surface area contributed by atoms with Crippen molar-refractivity contribution in [1.29, 1.82) is 5.26 Å². The lowest BCUT2D eigenvalue weighted by Gasteiger charge is -2.28. The van der Waals surface area contributed by atoms with Crippen molar-refractivity contribution >= 4 is 0 Å². The molecule has 0 aromatic carbocycles. The van der Waals surface area contributed by atoms with Crippen LogP contribution < -0.4 is 5.32 Å². The van der Waals surface area contributed by atoms with Gasteiger partial charge in [0.1, 0.15) is 0 Å². The standard InChI is InChI=1S/C14H22N2O/c15-9-10-4-2-1-3-5-12(10)16-13-8-11-6-7-14(13)17-11/h10-14,16H,1-8H2. The molecule has 5 unspecified atom stereocenters. The smallest absolute Gasteiger partial charge is 0.0733 e. The summed E-state index contributed by atoms with van der Waals surface area (Å²) in [5.41, 5.74) is 0. The van der Waals surface area contributed by atoms with Crippen molar-refractivity contribution in [3.8, 4) is 6.07 Å². The highest BCUT2D eigenvalue weighted by molar-refractivity contribution is 5.00. The van der Waals surface area contributed by atoms with Crippen molar-refractivity contribution in [2.24, 2.45) is 5.92 Å². The Labute approximate surface area is 104 Å². The molecule has 2 heterocycles. The van der Waals surface area contributed by atoms with Gasteiger partial charge in [0, 0.05) is 12.1 Å². The second kappa shape index (κ2) is 4.96. The van der Waals surface area contributed by atoms with Crippen LogP contribution in [0.25, 0.3) is 0 Å². The predicted octanol–water partition coefficient (Wildman–Crippen LogP) is 2.37. The second-order valence-electron chi connectivity index (χ2n) is 5.86. The first-order valence-electron chi connectivity index (χ1n) is 7.18. The fraction of sp³-hybridized carbons (Fsp3) is 0.929. The molecule has 1 aliphatic carbocycles. The van der Waals surface area contributed by atoms with Crippen LogP contribution in [0.4, 0.5) is 0 Å². The molecule has 0 aromatic rings. The average Bonchev–Trinajstić information content (AvgIpc) is 2.87. The van der Waals surface area contributed by atoms with E-state index in [0.717, 1.165) is 6.42 Å². The van der Waals surface area contributed by atoms with Crippen molar-refractivity contribution < 1.29 is 4.74 Å². The summed E-state index contributed by atoms with van der Waals surface area (Å²) in [5, 5.41) is 13.0. The van der Waals surface area contributed by atoms with Gasteiger partial charge in [0.25, 0.3) is 0 Å². The summed E-state index contributed by atoms with van der Waals surface area (Å²) in [5.74, 6) is 0.219. The summed E-state index contributed by atoms with van der Waals surface area (Å²) in [6.45, 7) is 0. The molecule has 3 fully saturated rings. The molecule has 0 amide bonds. The summed E-state index contributed by atoms with van der Waals surface area (Å²) in [6.07, 6.45) is 10.6. The number of nitriles is 1. The van der Waals surface area contributed by atoms with Crippen LogP contribution in [0, 0.1) is 17.2 Å². The van der Waals surface area contributed by atoms with Crippen molar-refractivity contribution in [2.75, 3.05) is 0 Å². The zero-order valence-electron chi connectivity index (χ0n) is 10.4. The van der Waals surface area contributed by atoms with E-state index in [2.05, 4.69) is 11.4 Å². The highest BCUT2D eigenvalue weighted by atomic mass is 16.5. The highest BCUT2D eigenvalue weighted by Gasteiger charge is 2.42.